The highest BCUT2D eigenvalue weighted by Crippen LogP contribution is 2.26. The quantitative estimate of drug-likeness (QED) is 0.787. The topological polar surface area (TPSA) is 58.4 Å². The number of carbonyl (C=O) groups is 1. The van der Waals surface area contributed by atoms with Gasteiger partial charge in [0.2, 0.25) is 5.91 Å². The minimum atomic E-state index is 0. The third-order valence-electron chi connectivity index (χ3n) is 5.35. The van der Waals surface area contributed by atoms with Crippen LogP contribution in [0.1, 0.15) is 49.7 Å². The zero-order valence-electron chi connectivity index (χ0n) is 14.8. The van der Waals surface area contributed by atoms with Gasteiger partial charge in [-0.1, -0.05) is 30.7 Å². The van der Waals surface area contributed by atoms with Crippen LogP contribution in [-0.2, 0) is 17.9 Å². The number of nitrogens with one attached hydrogen (secondary N) is 1. The Labute approximate surface area is 163 Å². The summed E-state index contributed by atoms with van der Waals surface area (Å²) in [6, 6.07) is 8.68. The first-order valence-electron chi connectivity index (χ1n) is 9.04. The Morgan fingerprint density at radius 2 is 1.76 bits per heavy atom. The molecule has 1 saturated carbocycles. The second-order valence-corrected chi connectivity index (χ2v) is 7.09. The summed E-state index contributed by atoms with van der Waals surface area (Å²) >= 11 is 0. The van der Waals surface area contributed by atoms with Crippen molar-refractivity contribution in [1.82, 2.24) is 10.2 Å². The van der Waals surface area contributed by atoms with E-state index < -0.39 is 0 Å². The summed E-state index contributed by atoms with van der Waals surface area (Å²) in [5.41, 5.74) is 8.64. The maximum atomic E-state index is 12.2. The van der Waals surface area contributed by atoms with Crippen molar-refractivity contribution >= 4 is 30.7 Å². The number of likely N-dealkylation sites (tertiary alicyclic amines) is 1. The van der Waals surface area contributed by atoms with Crippen LogP contribution >= 0.6 is 24.8 Å². The van der Waals surface area contributed by atoms with Crippen molar-refractivity contribution in [3.8, 4) is 0 Å². The van der Waals surface area contributed by atoms with Crippen molar-refractivity contribution in [3.63, 3.8) is 0 Å². The van der Waals surface area contributed by atoms with Gasteiger partial charge in [-0.25, -0.2) is 0 Å². The van der Waals surface area contributed by atoms with E-state index >= 15 is 0 Å². The van der Waals surface area contributed by atoms with E-state index in [0.717, 1.165) is 25.8 Å². The van der Waals surface area contributed by atoms with Gasteiger partial charge in [0.05, 0.1) is 0 Å². The van der Waals surface area contributed by atoms with E-state index in [0.29, 0.717) is 18.9 Å². The lowest BCUT2D eigenvalue weighted by Gasteiger charge is -2.18. The van der Waals surface area contributed by atoms with Gasteiger partial charge in [-0.3, -0.25) is 9.69 Å². The van der Waals surface area contributed by atoms with Crippen molar-refractivity contribution in [2.24, 2.45) is 11.7 Å². The van der Waals surface area contributed by atoms with Gasteiger partial charge in [-0.05, 0) is 55.8 Å². The lowest BCUT2D eigenvalue weighted by atomic mass is 10.00. The van der Waals surface area contributed by atoms with E-state index in [4.69, 9.17) is 5.73 Å². The third-order valence-corrected chi connectivity index (χ3v) is 5.35. The molecule has 6 heteroatoms. The lowest BCUT2D eigenvalue weighted by Crippen LogP contribution is -2.31. The molecule has 1 aliphatic carbocycles. The molecule has 1 aliphatic heterocycles. The molecule has 3 rings (SSSR count). The van der Waals surface area contributed by atoms with E-state index in [1.54, 1.807) is 0 Å². The second kappa shape index (κ2) is 11.0. The average Bonchev–Trinajstić information content (AvgIpc) is 3.19. The molecule has 2 aliphatic rings. The highest BCUT2D eigenvalue weighted by atomic mass is 35.5. The molecule has 0 spiro atoms. The number of amides is 1. The number of nitrogens with zero attached hydrogens (tertiary/aromatic N) is 1. The number of hydrogen-bond donors (Lipinski definition) is 2. The van der Waals surface area contributed by atoms with Crippen LogP contribution in [0.25, 0.3) is 0 Å². The maximum absolute atomic E-state index is 12.2. The first-order valence-corrected chi connectivity index (χ1v) is 9.04. The monoisotopic (exact) mass is 387 g/mol. The Hall–Kier alpha value is -0.810. The van der Waals surface area contributed by atoms with Gasteiger partial charge in [-0.2, -0.15) is 0 Å². The van der Waals surface area contributed by atoms with Crippen LogP contribution < -0.4 is 11.1 Å². The van der Waals surface area contributed by atoms with Crippen molar-refractivity contribution in [1.29, 1.82) is 0 Å². The molecule has 1 aromatic carbocycles. The van der Waals surface area contributed by atoms with Crippen LogP contribution in [0.4, 0.5) is 0 Å². The molecule has 3 N–H and O–H groups in total. The largest absolute Gasteiger partial charge is 0.352 e. The lowest BCUT2D eigenvalue weighted by molar-refractivity contribution is -0.122. The molecule has 25 heavy (non-hydrogen) atoms. The zero-order valence-corrected chi connectivity index (χ0v) is 16.4. The molecule has 4 nitrogen and oxygen atoms in total. The molecular weight excluding hydrogens is 357 g/mol. The molecule has 2 fully saturated rings. The maximum Gasteiger partial charge on any atom is 0.220 e. The van der Waals surface area contributed by atoms with Crippen molar-refractivity contribution in [2.75, 3.05) is 13.1 Å². The van der Waals surface area contributed by atoms with Crippen molar-refractivity contribution in [3.05, 3.63) is 35.4 Å². The van der Waals surface area contributed by atoms with Gasteiger partial charge in [-0.15, -0.1) is 24.8 Å². The Balaban J connectivity index is 0.00000156. The highest BCUT2D eigenvalue weighted by Gasteiger charge is 2.25. The molecule has 0 radical (unpaired) electrons. The summed E-state index contributed by atoms with van der Waals surface area (Å²) in [7, 11) is 0. The molecule has 1 saturated heterocycles. The summed E-state index contributed by atoms with van der Waals surface area (Å²) in [6.45, 7) is 4.02. The van der Waals surface area contributed by atoms with Crippen LogP contribution in [0.3, 0.4) is 0 Å². The Morgan fingerprint density at radius 3 is 2.40 bits per heavy atom. The third kappa shape index (κ3) is 6.45. The normalized spacial score (nSPS) is 22.9. The van der Waals surface area contributed by atoms with Gasteiger partial charge in [0, 0.05) is 25.6 Å². The summed E-state index contributed by atoms with van der Waals surface area (Å²) in [5, 5.41) is 3.10. The molecular formula is C19H31Cl2N3O. The van der Waals surface area contributed by atoms with Crippen LogP contribution in [0, 0.1) is 5.92 Å². The molecule has 1 aromatic rings. The Bertz CT molecular complexity index is 535. The predicted molar refractivity (Wildman–Crippen MR) is 107 cm³/mol. The molecule has 0 bridgehead atoms. The SMILES string of the molecule is Cl.Cl.N[C@@H]1CCC[C@H]1CC(=O)NCc1ccccc1CN1CCCC1. The van der Waals surface area contributed by atoms with Gasteiger partial charge in [0.25, 0.3) is 0 Å². The van der Waals surface area contributed by atoms with Gasteiger partial charge in [0.15, 0.2) is 0 Å². The molecule has 2 atom stereocenters. The second-order valence-electron chi connectivity index (χ2n) is 7.09. The standard InChI is InChI=1S/C19H29N3O.2ClH/c20-18-9-5-8-15(18)12-19(23)21-13-16-6-1-2-7-17(16)14-22-10-3-4-11-22;;/h1-2,6-7,15,18H,3-5,8-14,20H2,(H,21,23);2*1H/t15-,18+;;/m0../s1. The van der Waals surface area contributed by atoms with Crippen LogP contribution in [0.15, 0.2) is 24.3 Å². The predicted octanol–water partition coefficient (Wildman–Crippen LogP) is 3.26. The zero-order chi connectivity index (χ0) is 16.1. The minimum absolute atomic E-state index is 0. The number of benzene rings is 1. The Kier molecular flexibility index (Phi) is 9.80. The number of halogens is 2. The average molecular weight is 388 g/mol. The fourth-order valence-electron chi connectivity index (χ4n) is 3.89. The van der Waals surface area contributed by atoms with E-state index in [2.05, 4.69) is 34.5 Å². The minimum Gasteiger partial charge on any atom is -0.352 e. The van der Waals surface area contributed by atoms with Gasteiger partial charge < -0.3 is 11.1 Å². The van der Waals surface area contributed by atoms with Gasteiger partial charge >= 0.3 is 0 Å². The number of rotatable bonds is 6. The molecule has 0 aromatic heterocycles. The van der Waals surface area contributed by atoms with Crippen molar-refractivity contribution in [2.45, 2.75) is 57.7 Å². The number of hydrogen-bond acceptors (Lipinski definition) is 3. The summed E-state index contributed by atoms with van der Waals surface area (Å²) in [4.78, 5) is 14.7. The van der Waals surface area contributed by atoms with E-state index in [9.17, 15) is 4.79 Å². The Morgan fingerprint density at radius 1 is 1.08 bits per heavy atom. The first kappa shape index (κ1) is 22.2. The molecule has 0 unspecified atom stereocenters. The fraction of sp³-hybridized carbons (Fsp3) is 0.632. The van der Waals surface area contributed by atoms with Crippen LogP contribution in [-0.4, -0.2) is 29.9 Å². The molecule has 1 amide bonds. The fourth-order valence-corrected chi connectivity index (χ4v) is 3.89. The van der Waals surface area contributed by atoms with E-state index in [1.165, 1.54) is 37.1 Å². The summed E-state index contributed by atoms with van der Waals surface area (Å²) in [6.07, 6.45) is 6.52. The summed E-state index contributed by atoms with van der Waals surface area (Å²) in [5.74, 6) is 0.512. The van der Waals surface area contributed by atoms with Gasteiger partial charge in [0.1, 0.15) is 0 Å². The molecule has 142 valence electrons. The van der Waals surface area contributed by atoms with Crippen molar-refractivity contribution < 1.29 is 4.79 Å². The van der Waals surface area contributed by atoms with E-state index in [1.807, 2.05) is 0 Å². The first-order chi connectivity index (χ1) is 11.2. The number of nitrogens with two attached hydrogens (primary N) is 1. The highest BCUT2D eigenvalue weighted by molar-refractivity contribution is 5.85. The smallest absolute Gasteiger partial charge is 0.220 e. The van der Waals surface area contributed by atoms with E-state index in [-0.39, 0.29) is 36.8 Å². The molecule has 1 heterocycles. The number of carbonyl (C=O) groups excluding carboxylic acids is 1. The van der Waals surface area contributed by atoms with Crippen LogP contribution in [0.2, 0.25) is 0 Å². The van der Waals surface area contributed by atoms with Crippen LogP contribution in [0.5, 0.6) is 0 Å². The summed E-state index contributed by atoms with van der Waals surface area (Å²) < 4.78 is 0.